The van der Waals surface area contributed by atoms with Crippen LogP contribution in [0.3, 0.4) is 0 Å². The summed E-state index contributed by atoms with van der Waals surface area (Å²) in [5, 5.41) is 17.0. The normalized spacial score (nSPS) is 11.7. The van der Waals surface area contributed by atoms with Crippen LogP contribution < -0.4 is 16.0 Å². The van der Waals surface area contributed by atoms with Crippen LogP contribution in [0, 0.1) is 0 Å². The van der Waals surface area contributed by atoms with Crippen LogP contribution in [0.1, 0.15) is 32.8 Å². The molecule has 0 fully saturated rings. The molecule has 0 unspecified atom stereocenters. The van der Waals surface area contributed by atoms with Gasteiger partial charge in [0.25, 0.3) is 0 Å². The maximum absolute atomic E-state index is 11.8. The van der Waals surface area contributed by atoms with Crippen molar-refractivity contribution in [2.75, 3.05) is 11.1 Å². The summed E-state index contributed by atoms with van der Waals surface area (Å²) in [5.41, 5.74) is 2.21. The summed E-state index contributed by atoms with van der Waals surface area (Å²) in [5.74, 6) is -0.260. The summed E-state index contributed by atoms with van der Waals surface area (Å²) in [4.78, 5) is 23.4. The number of imide groups is 1. The van der Waals surface area contributed by atoms with Crippen LogP contribution in [0.5, 0.6) is 0 Å². The first kappa shape index (κ1) is 20.2. The third-order valence-electron chi connectivity index (χ3n) is 3.59. The van der Waals surface area contributed by atoms with E-state index in [4.69, 9.17) is 0 Å². The topological polar surface area (TPSA) is 96.0 Å². The van der Waals surface area contributed by atoms with Gasteiger partial charge in [0.15, 0.2) is 4.34 Å². The van der Waals surface area contributed by atoms with Crippen molar-refractivity contribution in [3.8, 4) is 0 Å². The van der Waals surface area contributed by atoms with Gasteiger partial charge < -0.3 is 10.6 Å². The van der Waals surface area contributed by atoms with Crippen LogP contribution in [0.25, 0.3) is 0 Å². The Morgan fingerprint density at radius 1 is 1.19 bits per heavy atom. The zero-order chi connectivity index (χ0) is 18.9. The maximum atomic E-state index is 11.8. The van der Waals surface area contributed by atoms with Crippen molar-refractivity contribution in [2.45, 2.75) is 44.0 Å². The molecular formula is C17H23N5O2S2. The van der Waals surface area contributed by atoms with E-state index in [0.29, 0.717) is 9.47 Å². The number of aryl methyl sites for hydroxylation is 1. The molecule has 0 radical (unpaired) electrons. The van der Waals surface area contributed by atoms with E-state index in [1.807, 2.05) is 26.0 Å². The number of hydrogen-bond donors (Lipinski definition) is 3. The molecule has 1 aromatic heterocycles. The molecule has 0 spiro atoms. The Balaban J connectivity index is 1.78. The van der Waals surface area contributed by atoms with Crippen LogP contribution in [0.4, 0.5) is 15.6 Å². The average molecular weight is 394 g/mol. The molecule has 2 aromatic rings. The Bertz CT molecular complexity index is 733. The highest BCUT2D eigenvalue weighted by molar-refractivity contribution is 8.01. The molecule has 1 aromatic carbocycles. The van der Waals surface area contributed by atoms with Crippen molar-refractivity contribution in [3.63, 3.8) is 0 Å². The summed E-state index contributed by atoms with van der Waals surface area (Å²) >= 11 is 2.61. The molecule has 0 bridgehead atoms. The van der Waals surface area contributed by atoms with E-state index in [1.54, 1.807) is 0 Å². The number of aromatic nitrogens is 2. The second-order valence-electron chi connectivity index (χ2n) is 5.67. The number of nitrogens with zero attached hydrogens (tertiary/aromatic N) is 2. The van der Waals surface area contributed by atoms with Crippen LogP contribution in [-0.4, -0.2) is 33.9 Å². The fraction of sp³-hybridized carbons (Fsp3) is 0.412. The van der Waals surface area contributed by atoms with Gasteiger partial charge in [-0.2, -0.15) is 0 Å². The van der Waals surface area contributed by atoms with Crippen LogP contribution in [-0.2, 0) is 11.2 Å². The van der Waals surface area contributed by atoms with Crippen molar-refractivity contribution in [3.05, 3.63) is 29.8 Å². The van der Waals surface area contributed by atoms with E-state index >= 15 is 0 Å². The number of hydrogen-bond acceptors (Lipinski definition) is 7. The first-order chi connectivity index (χ1) is 12.5. The lowest BCUT2D eigenvalue weighted by atomic mass is 10.1. The third kappa shape index (κ3) is 6.64. The molecule has 1 heterocycles. The number of urea groups is 1. The summed E-state index contributed by atoms with van der Waals surface area (Å²) < 4.78 is 0.662. The largest absolute Gasteiger partial charge is 0.335 e. The van der Waals surface area contributed by atoms with Gasteiger partial charge >= 0.3 is 6.03 Å². The second kappa shape index (κ2) is 10.1. The highest BCUT2D eigenvalue weighted by Gasteiger charge is 2.12. The SMILES string of the molecule is CCc1ccc(Nc2nnc(SCC(=O)NC(=O)N[C@@H](C)CC)s2)cc1. The number of benzene rings is 1. The van der Waals surface area contributed by atoms with E-state index in [1.165, 1.54) is 28.7 Å². The lowest BCUT2D eigenvalue weighted by Gasteiger charge is -2.11. The molecule has 0 aliphatic heterocycles. The minimum absolute atomic E-state index is 0.0265. The highest BCUT2D eigenvalue weighted by Crippen LogP contribution is 2.27. The van der Waals surface area contributed by atoms with Gasteiger partial charge in [-0.05, 0) is 37.5 Å². The van der Waals surface area contributed by atoms with E-state index in [-0.39, 0.29) is 17.7 Å². The molecule has 0 aliphatic carbocycles. The van der Waals surface area contributed by atoms with Gasteiger partial charge in [-0.15, -0.1) is 10.2 Å². The second-order valence-corrected chi connectivity index (χ2v) is 7.87. The van der Waals surface area contributed by atoms with Gasteiger partial charge in [0.2, 0.25) is 11.0 Å². The van der Waals surface area contributed by atoms with Gasteiger partial charge in [0, 0.05) is 11.7 Å². The van der Waals surface area contributed by atoms with Crippen molar-refractivity contribution < 1.29 is 9.59 Å². The number of anilines is 2. The van der Waals surface area contributed by atoms with Crippen molar-refractivity contribution in [1.29, 1.82) is 0 Å². The fourth-order valence-electron chi connectivity index (χ4n) is 1.92. The summed E-state index contributed by atoms with van der Waals surface area (Å²) in [6.07, 6.45) is 1.80. The monoisotopic (exact) mass is 393 g/mol. The molecule has 7 nitrogen and oxygen atoms in total. The van der Waals surface area contributed by atoms with Gasteiger partial charge in [0.1, 0.15) is 0 Å². The molecule has 3 N–H and O–H groups in total. The standard InChI is InChI=1S/C17H23N5O2S2/c1-4-11(3)18-15(24)20-14(23)10-25-17-22-21-16(26-17)19-13-8-6-12(5-2)7-9-13/h6-9,11H,4-5,10H2,1-3H3,(H,19,21)(H2,18,20,23,24)/t11-/m0/s1. The van der Waals surface area contributed by atoms with E-state index in [0.717, 1.165) is 18.5 Å². The zero-order valence-corrected chi connectivity index (χ0v) is 16.7. The molecule has 0 saturated heterocycles. The Morgan fingerprint density at radius 2 is 1.92 bits per heavy atom. The summed E-state index contributed by atoms with van der Waals surface area (Å²) in [6, 6.07) is 7.67. The maximum Gasteiger partial charge on any atom is 0.321 e. The lowest BCUT2D eigenvalue weighted by Crippen LogP contribution is -2.43. The van der Waals surface area contributed by atoms with Crippen LogP contribution in [0.15, 0.2) is 28.6 Å². The summed E-state index contributed by atoms with van der Waals surface area (Å²) in [6.45, 7) is 5.95. The zero-order valence-electron chi connectivity index (χ0n) is 15.0. The van der Waals surface area contributed by atoms with Gasteiger partial charge in [-0.1, -0.05) is 49.1 Å². The van der Waals surface area contributed by atoms with Crippen LogP contribution >= 0.6 is 23.1 Å². The van der Waals surface area contributed by atoms with E-state index in [2.05, 4.69) is 45.2 Å². The van der Waals surface area contributed by atoms with E-state index in [9.17, 15) is 9.59 Å². The smallest absolute Gasteiger partial charge is 0.321 e. The minimum Gasteiger partial charge on any atom is -0.335 e. The predicted octanol–water partition coefficient (Wildman–Crippen LogP) is 3.56. The molecule has 2 rings (SSSR count). The Morgan fingerprint density at radius 3 is 2.58 bits per heavy atom. The Hall–Kier alpha value is -2.13. The Kier molecular flexibility index (Phi) is 7.86. The first-order valence-electron chi connectivity index (χ1n) is 8.42. The molecule has 9 heteroatoms. The van der Waals surface area contributed by atoms with Crippen molar-refractivity contribution >= 4 is 45.9 Å². The number of rotatable bonds is 8. The molecule has 3 amide bonds. The van der Waals surface area contributed by atoms with Gasteiger partial charge in [-0.3, -0.25) is 10.1 Å². The quantitative estimate of drug-likeness (QED) is 0.594. The molecule has 1 atom stereocenters. The predicted molar refractivity (Wildman–Crippen MR) is 106 cm³/mol. The number of amides is 3. The molecule has 0 saturated carbocycles. The molecule has 140 valence electrons. The number of thioether (sulfide) groups is 1. The fourth-order valence-corrected chi connectivity index (χ4v) is 3.49. The van der Waals surface area contributed by atoms with Crippen molar-refractivity contribution in [1.82, 2.24) is 20.8 Å². The minimum atomic E-state index is -0.472. The van der Waals surface area contributed by atoms with Crippen molar-refractivity contribution in [2.24, 2.45) is 0 Å². The number of carbonyl (C=O) groups excluding carboxylic acids is 2. The Labute approximate surface area is 161 Å². The van der Waals surface area contributed by atoms with Gasteiger partial charge in [0.05, 0.1) is 5.75 Å². The number of carbonyl (C=O) groups is 2. The lowest BCUT2D eigenvalue weighted by molar-refractivity contribution is -0.117. The third-order valence-corrected chi connectivity index (χ3v) is 5.56. The average Bonchev–Trinajstić information content (AvgIpc) is 3.07. The number of nitrogens with one attached hydrogen (secondary N) is 3. The van der Waals surface area contributed by atoms with Crippen LogP contribution in [0.2, 0.25) is 0 Å². The molecule has 0 aliphatic rings. The van der Waals surface area contributed by atoms with Gasteiger partial charge in [-0.25, -0.2) is 4.79 Å². The molecular weight excluding hydrogens is 370 g/mol. The van der Waals surface area contributed by atoms with E-state index < -0.39 is 6.03 Å². The highest BCUT2D eigenvalue weighted by atomic mass is 32.2. The molecule has 26 heavy (non-hydrogen) atoms. The first-order valence-corrected chi connectivity index (χ1v) is 10.2. The summed E-state index contributed by atoms with van der Waals surface area (Å²) in [7, 11) is 0.